The lowest BCUT2D eigenvalue weighted by Gasteiger charge is -2.71. The van der Waals surface area contributed by atoms with Crippen molar-refractivity contribution in [2.45, 2.75) is 84.6 Å². The Hall–Kier alpha value is -0.860. The largest absolute Gasteiger partial charge is 0.481 e. The van der Waals surface area contributed by atoms with Gasteiger partial charge in [0, 0.05) is 17.5 Å². The van der Waals surface area contributed by atoms with Gasteiger partial charge < -0.3 is 5.11 Å². The molecular formula is C22H33NO2. The highest BCUT2D eigenvalue weighted by Crippen LogP contribution is 2.80. The maximum absolute atomic E-state index is 11.6. The highest BCUT2D eigenvalue weighted by atomic mass is 16.4. The van der Waals surface area contributed by atoms with Gasteiger partial charge in [-0.2, -0.15) is 0 Å². The van der Waals surface area contributed by atoms with Gasteiger partial charge in [-0.25, -0.2) is 0 Å². The summed E-state index contributed by atoms with van der Waals surface area (Å²) in [7, 11) is 0. The Morgan fingerprint density at radius 2 is 2.04 bits per heavy atom. The van der Waals surface area contributed by atoms with Crippen molar-refractivity contribution < 1.29 is 9.90 Å². The second-order valence-electron chi connectivity index (χ2n) is 10.5. The van der Waals surface area contributed by atoms with E-state index in [4.69, 9.17) is 4.99 Å². The molecule has 0 amide bonds. The first-order valence-electron chi connectivity index (χ1n) is 10.7. The molecule has 4 aliphatic carbocycles. The third-order valence-corrected chi connectivity index (χ3v) is 9.75. The van der Waals surface area contributed by atoms with Crippen molar-refractivity contribution in [2.24, 2.45) is 44.9 Å². The molecule has 2 aliphatic heterocycles. The molecular weight excluding hydrogens is 310 g/mol. The fraction of sp³-hybridized carbons (Fsp3) is 0.909. The van der Waals surface area contributed by atoms with Crippen LogP contribution in [0.3, 0.4) is 0 Å². The van der Waals surface area contributed by atoms with E-state index in [0.717, 1.165) is 6.42 Å². The first-order valence-corrected chi connectivity index (χ1v) is 10.7. The lowest BCUT2D eigenvalue weighted by molar-refractivity contribution is -0.146. The molecule has 0 aromatic heterocycles. The van der Waals surface area contributed by atoms with Crippen molar-refractivity contribution in [1.82, 2.24) is 0 Å². The van der Waals surface area contributed by atoms with Crippen LogP contribution in [-0.2, 0) is 4.79 Å². The van der Waals surface area contributed by atoms with Crippen LogP contribution in [0.25, 0.3) is 0 Å². The number of hydrogen-bond acceptors (Lipinski definition) is 2. The molecule has 4 fully saturated rings. The monoisotopic (exact) mass is 343 g/mol. The van der Waals surface area contributed by atoms with Gasteiger partial charge in [0.2, 0.25) is 0 Å². The number of rotatable bonds is 4. The number of carboxylic acids is 1. The fourth-order valence-corrected chi connectivity index (χ4v) is 8.94. The summed E-state index contributed by atoms with van der Waals surface area (Å²) in [6, 6.07) is 0.563. The van der Waals surface area contributed by atoms with Crippen LogP contribution >= 0.6 is 0 Å². The molecule has 0 aromatic rings. The minimum atomic E-state index is -0.621. The topological polar surface area (TPSA) is 49.7 Å². The number of carboxylic acid groups (broad SMARTS) is 1. The Morgan fingerprint density at radius 1 is 1.24 bits per heavy atom. The Morgan fingerprint density at radius 3 is 2.76 bits per heavy atom. The first-order chi connectivity index (χ1) is 11.9. The molecule has 3 heteroatoms. The van der Waals surface area contributed by atoms with Crippen LogP contribution in [0, 0.1) is 39.9 Å². The molecule has 4 saturated carbocycles. The number of hydrogen-bond donors (Lipinski definition) is 1. The van der Waals surface area contributed by atoms with Gasteiger partial charge in [-0.1, -0.05) is 27.2 Å². The minimum absolute atomic E-state index is 0.0883. The quantitative estimate of drug-likeness (QED) is 0.785. The standard InChI is InChI=1S/C22H33NO2/c1-13(2)14-6-10-20(3)15-7-11-21-9-4-5-16(21)22(20,12-8-17(24)25)18(14)23-19(15)21/h13-16,19H,4-12H2,1-3H3,(H,24,25)/t14-,15-,16-,19-,20+,21-,22+/m1/s1. The Balaban J connectivity index is 1.73. The van der Waals surface area contributed by atoms with Gasteiger partial charge in [0.1, 0.15) is 0 Å². The van der Waals surface area contributed by atoms with Crippen LogP contribution in [-0.4, -0.2) is 22.8 Å². The molecule has 138 valence electrons. The van der Waals surface area contributed by atoms with Gasteiger partial charge in [-0.15, -0.1) is 0 Å². The summed E-state index contributed by atoms with van der Waals surface area (Å²) in [4.78, 5) is 17.1. The molecule has 1 spiro atoms. The summed E-state index contributed by atoms with van der Waals surface area (Å²) >= 11 is 0. The molecule has 6 aliphatic rings. The zero-order valence-electron chi connectivity index (χ0n) is 16.1. The SMILES string of the molecule is CC(C)[C@H]1CC[C@@]2(C)[C@@H]3CC[C@]45CCC[C@H]4[C@@]2(CCC(=O)O)C1=N[C@H]35. The normalized spacial score (nSPS) is 52.4. The lowest BCUT2D eigenvalue weighted by Crippen LogP contribution is -2.71. The van der Waals surface area contributed by atoms with E-state index in [1.54, 1.807) is 0 Å². The van der Waals surface area contributed by atoms with Crippen molar-refractivity contribution in [3.8, 4) is 0 Å². The molecule has 1 N–H and O–H groups in total. The number of nitrogens with zero attached hydrogens (tertiary/aromatic N) is 1. The van der Waals surface area contributed by atoms with E-state index in [-0.39, 0.29) is 5.41 Å². The number of aliphatic carboxylic acids is 1. The second kappa shape index (κ2) is 4.89. The Bertz CT molecular complexity index is 654. The van der Waals surface area contributed by atoms with Gasteiger partial charge in [-0.05, 0) is 79.4 Å². The van der Waals surface area contributed by atoms with Crippen molar-refractivity contribution in [3.05, 3.63) is 0 Å². The number of aliphatic imine (C=N–C) groups is 1. The summed E-state index contributed by atoms with van der Waals surface area (Å²) in [5.41, 5.74) is 2.31. The minimum Gasteiger partial charge on any atom is -0.481 e. The van der Waals surface area contributed by atoms with Gasteiger partial charge in [0.25, 0.3) is 0 Å². The summed E-state index contributed by atoms with van der Waals surface area (Å²) in [5.74, 6) is 2.01. The average Bonchev–Trinajstić information content (AvgIpc) is 3.12. The molecule has 6 rings (SSSR count). The third kappa shape index (κ3) is 1.65. The van der Waals surface area contributed by atoms with E-state index in [1.807, 2.05) is 0 Å². The summed E-state index contributed by atoms with van der Waals surface area (Å²) in [6.07, 6.45) is 10.5. The van der Waals surface area contributed by atoms with E-state index in [2.05, 4.69) is 20.8 Å². The number of carbonyl (C=O) groups is 1. The van der Waals surface area contributed by atoms with Gasteiger partial charge >= 0.3 is 5.97 Å². The van der Waals surface area contributed by atoms with Crippen LogP contribution in [0.2, 0.25) is 0 Å². The van der Waals surface area contributed by atoms with Crippen LogP contribution in [0.1, 0.15) is 78.6 Å². The van der Waals surface area contributed by atoms with Crippen LogP contribution in [0.15, 0.2) is 4.99 Å². The highest BCUT2D eigenvalue weighted by molar-refractivity contribution is 5.97. The van der Waals surface area contributed by atoms with E-state index in [1.165, 1.54) is 50.7 Å². The predicted octanol–water partition coefficient (Wildman–Crippen LogP) is 4.94. The van der Waals surface area contributed by atoms with Crippen LogP contribution in [0.5, 0.6) is 0 Å². The zero-order chi connectivity index (χ0) is 17.6. The van der Waals surface area contributed by atoms with Crippen LogP contribution < -0.4 is 0 Å². The zero-order valence-corrected chi connectivity index (χ0v) is 16.1. The summed E-state index contributed by atoms with van der Waals surface area (Å²) in [5, 5.41) is 9.54. The van der Waals surface area contributed by atoms with Crippen molar-refractivity contribution in [3.63, 3.8) is 0 Å². The smallest absolute Gasteiger partial charge is 0.303 e. The molecule has 0 radical (unpaired) electrons. The predicted molar refractivity (Wildman–Crippen MR) is 98.7 cm³/mol. The maximum atomic E-state index is 11.6. The van der Waals surface area contributed by atoms with E-state index >= 15 is 0 Å². The van der Waals surface area contributed by atoms with Crippen molar-refractivity contribution >= 4 is 11.7 Å². The average molecular weight is 344 g/mol. The molecule has 0 aromatic carbocycles. The molecule has 25 heavy (non-hydrogen) atoms. The molecule has 7 atom stereocenters. The molecule has 0 saturated heterocycles. The first kappa shape index (κ1) is 16.3. The van der Waals surface area contributed by atoms with E-state index < -0.39 is 5.97 Å². The maximum Gasteiger partial charge on any atom is 0.303 e. The molecule has 2 heterocycles. The summed E-state index contributed by atoms with van der Waals surface area (Å²) in [6.45, 7) is 7.25. The summed E-state index contributed by atoms with van der Waals surface area (Å²) < 4.78 is 0. The third-order valence-electron chi connectivity index (χ3n) is 9.75. The van der Waals surface area contributed by atoms with Crippen molar-refractivity contribution in [1.29, 1.82) is 0 Å². The molecule has 0 unspecified atom stereocenters. The Labute approximate surface area is 151 Å². The van der Waals surface area contributed by atoms with E-state index in [9.17, 15) is 9.90 Å². The van der Waals surface area contributed by atoms with Gasteiger partial charge in [0.15, 0.2) is 0 Å². The van der Waals surface area contributed by atoms with Gasteiger partial charge in [0.05, 0.1) is 6.04 Å². The van der Waals surface area contributed by atoms with Gasteiger partial charge in [-0.3, -0.25) is 9.79 Å². The Kier molecular flexibility index (Phi) is 3.20. The van der Waals surface area contributed by atoms with Crippen LogP contribution in [0.4, 0.5) is 0 Å². The lowest BCUT2D eigenvalue weighted by atomic mass is 9.35. The fourth-order valence-electron chi connectivity index (χ4n) is 8.94. The van der Waals surface area contributed by atoms with Crippen molar-refractivity contribution in [2.75, 3.05) is 0 Å². The molecule has 3 nitrogen and oxygen atoms in total. The van der Waals surface area contributed by atoms with E-state index in [0.29, 0.717) is 47.0 Å². The second-order valence-corrected chi connectivity index (χ2v) is 10.5. The highest BCUT2D eigenvalue weighted by Gasteiger charge is 2.78. The molecule has 6 bridgehead atoms.